The zero-order valence-electron chi connectivity index (χ0n) is 15.9. The fraction of sp³-hybridized carbons (Fsp3) is 0.364. The smallest absolute Gasteiger partial charge is 0.221 e. The van der Waals surface area contributed by atoms with E-state index in [0.717, 1.165) is 22.5 Å². The quantitative estimate of drug-likeness (QED) is 0.720. The normalized spacial score (nSPS) is 13.7. The number of aryl methyl sites for hydroxylation is 1. The number of rotatable bonds is 6. The van der Waals surface area contributed by atoms with Crippen molar-refractivity contribution in [1.29, 1.82) is 0 Å². The largest absolute Gasteiger partial charge is 0.353 e. The summed E-state index contributed by atoms with van der Waals surface area (Å²) in [6.07, 6.45) is 4.33. The van der Waals surface area contributed by atoms with Crippen molar-refractivity contribution in [1.82, 2.24) is 14.7 Å². The maximum Gasteiger partial charge on any atom is 0.221 e. The molecule has 0 spiro atoms. The van der Waals surface area contributed by atoms with E-state index < -0.39 is 0 Å². The number of nitrogens with one attached hydrogen (secondary N) is 1. The average Bonchev–Trinajstić information content (AvgIpc) is 3.05. The number of nitrogens with zero attached hydrogens (tertiary/aromatic N) is 2. The number of fused-ring (bicyclic) bond motifs is 1. The van der Waals surface area contributed by atoms with Gasteiger partial charge in [0, 0.05) is 30.8 Å². The molecule has 2 aromatic heterocycles. The lowest BCUT2D eigenvalue weighted by Crippen LogP contribution is -2.36. The zero-order valence-corrected chi connectivity index (χ0v) is 15.9. The molecule has 2 heterocycles. The molecule has 4 heteroatoms. The average molecular weight is 349 g/mol. The SMILES string of the molecule is Cc1cccn2c([C@@H](CC(=O)N[C@H](C)C(C)C)c3ccccc3)cnc12. The number of pyridine rings is 1. The summed E-state index contributed by atoms with van der Waals surface area (Å²) in [5, 5.41) is 3.13. The molecule has 4 nitrogen and oxygen atoms in total. The van der Waals surface area contributed by atoms with Crippen LogP contribution in [-0.4, -0.2) is 21.3 Å². The van der Waals surface area contributed by atoms with E-state index >= 15 is 0 Å². The van der Waals surface area contributed by atoms with Gasteiger partial charge in [0.05, 0.1) is 5.69 Å². The number of hydrogen-bond donors (Lipinski definition) is 1. The van der Waals surface area contributed by atoms with Crippen LogP contribution >= 0.6 is 0 Å². The van der Waals surface area contributed by atoms with Gasteiger partial charge in [0.2, 0.25) is 5.91 Å². The van der Waals surface area contributed by atoms with E-state index in [0.29, 0.717) is 12.3 Å². The molecule has 0 saturated heterocycles. The second-order valence-corrected chi connectivity index (χ2v) is 7.34. The van der Waals surface area contributed by atoms with Gasteiger partial charge in [0.1, 0.15) is 5.65 Å². The third-order valence-electron chi connectivity index (χ3n) is 5.10. The van der Waals surface area contributed by atoms with E-state index in [2.05, 4.69) is 60.6 Å². The summed E-state index contributed by atoms with van der Waals surface area (Å²) in [5.41, 5.74) is 4.24. The number of amides is 1. The van der Waals surface area contributed by atoms with Crippen molar-refractivity contribution in [3.8, 4) is 0 Å². The summed E-state index contributed by atoms with van der Waals surface area (Å²) in [4.78, 5) is 17.3. The minimum atomic E-state index is -0.0348. The summed E-state index contributed by atoms with van der Waals surface area (Å²) in [7, 11) is 0. The molecule has 26 heavy (non-hydrogen) atoms. The van der Waals surface area contributed by atoms with E-state index in [1.807, 2.05) is 36.7 Å². The van der Waals surface area contributed by atoms with Gasteiger partial charge in [-0.1, -0.05) is 50.2 Å². The molecule has 0 aliphatic heterocycles. The maximum absolute atomic E-state index is 12.7. The minimum absolute atomic E-state index is 0.0348. The molecule has 0 aliphatic carbocycles. The molecule has 1 amide bonds. The Morgan fingerprint density at radius 1 is 1.12 bits per heavy atom. The molecule has 0 radical (unpaired) electrons. The van der Waals surface area contributed by atoms with E-state index in [4.69, 9.17) is 0 Å². The first-order valence-electron chi connectivity index (χ1n) is 9.24. The van der Waals surface area contributed by atoms with Crippen LogP contribution in [0.2, 0.25) is 0 Å². The van der Waals surface area contributed by atoms with Gasteiger partial charge in [-0.25, -0.2) is 4.98 Å². The lowest BCUT2D eigenvalue weighted by atomic mass is 9.92. The summed E-state index contributed by atoms with van der Waals surface area (Å²) in [6.45, 7) is 8.35. The molecule has 2 atom stereocenters. The maximum atomic E-state index is 12.7. The molecule has 0 saturated carbocycles. The van der Waals surface area contributed by atoms with Gasteiger partial charge in [0.15, 0.2) is 0 Å². The first-order chi connectivity index (χ1) is 12.5. The number of carbonyl (C=O) groups is 1. The van der Waals surface area contributed by atoms with Gasteiger partial charge in [-0.15, -0.1) is 0 Å². The van der Waals surface area contributed by atoms with Crippen LogP contribution in [0.3, 0.4) is 0 Å². The van der Waals surface area contributed by atoms with Crippen LogP contribution in [0.15, 0.2) is 54.9 Å². The van der Waals surface area contributed by atoms with Crippen molar-refractivity contribution in [2.75, 3.05) is 0 Å². The van der Waals surface area contributed by atoms with Crippen LogP contribution in [-0.2, 0) is 4.79 Å². The number of hydrogen-bond acceptors (Lipinski definition) is 2. The Morgan fingerprint density at radius 3 is 2.54 bits per heavy atom. The highest BCUT2D eigenvalue weighted by Gasteiger charge is 2.23. The van der Waals surface area contributed by atoms with E-state index in [1.54, 1.807) is 0 Å². The predicted octanol–water partition coefficient (Wildman–Crippen LogP) is 4.33. The molecule has 1 N–H and O–H groups in total. The fourth-order valence-corrected chi connectivity index (χ4v) is 3.17. The van der Waals surface area contributed by atoms with Crippen molar-refractivity contribution in [2.24, 2.45) is 5.92 Å². The second-order valence-electron chi connectivity index (χ2n) is 7.34. The first-order valence-corrected chi connectivity index (χ1v) is 9.24. The number of aromatic nitrogens is 2. The van der Waals surface area contributed by atoms with Gasteiger partial charge in [0.25, 0.3) is 0 Å². The monoisotopic (exact) mass is 349 g/mol. The van der Waals surface area contributed by atoms with E-state index in [1.165, 1.54) is 0 Å². The highest BCUT2D eigenvalue weighted by molar-refractivity contribution is 5.77. The topological polar surface area (TPSA) is 46.4 Å². The van der Waals surface area contributed by atoms with Crippen LogP contribution in [0.4, 0.5) is 0 Å². The molecule has 3 rings (SSSR count). The van der Waals surface area contributed by atoms with Gasteiger partial charge < -0.3 is 9.72 Å². The Morgan fingerprint density at radius 2 is 1.85 bits per heavy atom. The van der Waals surface area contributed by atoms with Gasteiger partial charge in [-0.2, -0.15) is 0 Å². The third-order valence-corrected chi connectivity index (χ3v) is 5.10. The third kappa shape index (κ3) is 3.79. The summed E-state index contributed by atoms with van der Waals surface area (Å²) in [6, 6.07) is 14.4. The Kier molecular flexibility index (Phi) is 5.40. The summed E-state index contributed by atoms with van der Waals surface area (Å²) in [5.74, 6) is 0.447. The molecule has 0 bridgehead atoms. The van der Waals surface area contributed by atoms with E-state index in [-0.39, 0.29) is 17.9 Å². The standard InChI is InChI=1S/C22H27N3O/c1-15(2)17(4)24-21(26)13-19(18-10-6-5-7-11-18)20-14-23-22-16(3)9-8-12-25(20)22/h5-12,14-15,17,19H,13H2,1-4H3,(H,24,26)/t17-,19+/m1/s1. The molecule has 0 aliphatic rings. The number of benzene rings is 1. The molecule has 0 fully saturated rings. The molecular weight excluding hydrogens is 322 g/mol. The zero-order chi connectivity index (χ0) is 18.7. The summed E-state index contributed by atoms with van der Waals surface area (Å²) < 4.78 is 2.10. The van der Waals surface area contributed by atoms with Crippen molar-refractivity contribution in [3.05, 3.63) is 71.7 Å². The second kappa shape index (κ2) is 7.73. The van der Waals surface area contributed by atoms with Crippen molar-refractivity contribution in [3.63, 3.8) is 0 Å². The van der Waals surface area contributed by atoms with Gasteiger partial charge >= 0.3 is 0 Å². The fourth-order valence-electron chi connectivity index (χ4n) is 3.17. The van der Waals surface area contributed by atoms with Crippen molar-refractivity contribution >= 4 is 11.6 Å². The summed E-state index contributed by atoms with van der Waals surface area (Å²) >= 11 is 0. The number of imidazole rings is 1. The molecule has 1 aromatic carbocycles. The van der Waals surface area contributed by atoms with Crippen LogP contribution in [0.1, 0.15) is 49.9 Å². The van der Waals surface area contributed by atoms with Gasteiger partial charge in [-0.05, 0) is 37.0 Å². The van der Waals surface area contributed by atoms with Crippen LogP contribution in [0.25, 0.3) is 5.65 Å². The molecular formula is C22H27N3O. The predicted molar refractivity (Wildman–Crippen MR) is 105 cm³/mol. The number of carbonyl (C=O) groups excluding carboxylic acids is 1. The van der Waals surface area contributed by atoms with Crippen molar-refractivity contribution < 1.29 is 4.79 Å². The van der Waals surface area contributed by atoms with Gasteiger partial charge in [-0.3, -0.25) is 4.79 Å². The molecule has 0 unspecified atom stereocenters. The Hall–Kier alpha value is -2.62. The highest BCUT2D eigenvalue weighted by atomic mass is 16.1. The van der Waals surface area contributed by atoms with Crippen LogP contribution < -0.4 is 5.32 Å². The first kappa shape index (κ1) is 18.2. The van der Waals surface area contributed by atoms with Crippen LogP contribution in [0.5, 0.6) is 0 Å². The molecule has 3 aromatic rings. The Bertz CT molecular complexity index is 883. The van der Waals surface area contributed by atoms with Crippen molar-refractivity contribution in [2.45, 2.75) is 46.1 Å². The van der Waals surface area contributed by atoms with Crippen LogP contribution in [0, 0.1) is 12.8 Å². The molecule has 136 valence electrons. The highest BCUT2D eigenvalue weighted by Crippen LogP contribution is 2.29. The lowest BCUT2D eigenvalue weighted by molar-refractivity contribution is -0.122. The lowest BCUT2D eigenvalue weighted by Gasteiger charge is -2.21. The Balaban J connectivity index is 1.96. The minimum Gasteiger partial charge on any atom is -0.353 e. The Labute approximate surface area is 155 Å². The van der Waals surface area contributed by atoms with E-state index in [9.17, 15) is 4.79 Å².